The van der Waals surface area contributed by atoms with Gasteiger partial charge in [0.05, 0.1) is 5.75 Å². The van der Waals surface area contributed by atoms with Crippen molar-refractivity contribution in [2.75, 3.05) is 12.4 Å². The summed E-state index contributed by atoms with van der Waals surface area (Å²) in [7, 11) is -3.14. The SMILES string of the molecule is CCCC1CC1NS(=O)(=O)CCCO. The summed E-state index contributed by atoms with van der Waals surface area (Å²) in [5.41, 5.74) is 0. The zero-order chi connectivity index (χ0) is 10.6. The van der Waals surface area contributed by atoms with Crippen LogP contribution in [0.15, 0.2) is 0 Å². The molecule has 2 unspecified atom stereocenters. The molecule has 0 radical (unpaired) electrons. The summed E-state index contributed by atoms with van der Waals surface area (Å²) in [4.78, 5) is 0. The average molecular weight is 221 g/mol. The summed E-state index contributed by atoms with van der Waals surface area (Å²) < 4.78 is 25.4. The summed E-state index contributed by atoms with van der Waals surface area (Å²) in [6.07, 6.45) is 3.51. The molecule has 1 rings (SSSR count). The molecular weight excluding hydrogens is 202 g/mol. The number of sulfonamides is 1. The molecule has 14 heavy (non-hydrogen) atoms. The molecule has 1 fully saturated rings. The molecule has 1 aliphatic rings. The molecule has 0 amide bonds. The van der Waals surface area contributed by atoms with Crippen molar-refractivity contribution in [3.05, 3.63) is 0 Å². The first-order chi connectivity index (χ1) is 6.59. The van der Waals surface area contributed by atoms with Gasteiger partial charge in [0.15, 0.2) is 0 Å². The third-order valence-corrected chi connectivity index (χ3v) is 3.97. The molecule has 0 aliphatic heterocycles. The Kier molecular flexibility index (Phi) is 4.34. The van der Waals surface area contributed by atoms with Crippen LogP contribution in [0.5, 0.6) is 0 Å². The van der Waals surface area contributed by atoms with Crippen molar-refractivity contribution in [3.63, 3.8) is 0 Å². The van der Waals surface area contributed by atoms with Crippen molar-refractivity contribution >= 4 is 10.0 Å². The standard InChI is InChI=1S/C9H19NO3S/c1-2-4-8-7-9(8)10-14(12,13)6-3-5-11/h8-11H,2-7H2,1H3. The zero-order valence-electron chi connectivity index (χ0n) is 8.57. The molecule has 5 heteroatoms. The van der Waals surface area contributed by atoms with Gasteiger partial charge in [-0.15, -0.1) is 0 Å². The quantitative estimate of drug-likeness (QED) is 0.657. The molecule has 0 aromatic heterocycles. The van der Waals surface area contributed by atoms with Crippen LogP contribution in [-0.4, -0.2) is 31.9 Å². The summed E-state index contributed by atoms with van der Waals surface area (Å²) in [6.45, 7) is 2.04. The van der Waals surface area contributed by atoms with Gasteiger partial charge in [-0.25, -0.2) is 13.1 Å². The molecule has 84 valence electrons. The van der Waals surface area contributed by atoms with Crippen LogP contribution in [0.1, 0.15) is 32.6 Å². The molecule has 0 saturated heterocycles. The van der Waals surface area contributed by atoms with Crippen LogP contribution >= 0.6 is 0 Å². The van der Waals surface area contributed by atoms with Gasteiger partial charge >= 0.3 is 0 Å². The van der Waals surface area contributed by atoms with Crippen LogP contribution in [0.4, 0.5) is 0 Å². The highest BCUT2D eigenvalue weighted by Gasteiger charge is 2.38. The van der Waals surface area contributed by atoms with E-state index in [-0.39, 0.29) is 18.4 Å². The van der Waals surface area contributed by atoms with E-state index in [2.05, 4.69) is 11.6 Å². The second-order valence-electron chi connectivity index (χ2n) is 3.90. The van der Waals surface area contributed by atoms with Gasteiger partial charge in [-0.3, -0.25) is 0 Å². The number of rotatable bonds is 7. The highest BCUT2D eigenvalue weighted by molar-refractivity contribution is 7.89. The lowest BCUT2D eigenvalue weighted by Gasteiger charge is -2.04. The third-order valence-electron chi connectivity index (χ3n) is 2.48. The smallest absolute Gasteiger partial charge is 0.211 e. The van der Waals surface area contributed by atoms with Crippen LogP contribution in [0, 0.1) is 5.92 Å². The minimum absolute atomic E-state index is 0.0405. The second-order valence-corrected chi connectivity index (χ2v) is 5.78. The lowest BCUT2D eigenvalue weighted by molar-refractivity contribution is 0.295. The normalized spacial score (nSPS) is 26.4. The van der Waals surface area contributed by atoms with E-state index in [1.165, 1.54) is 0 Å². The monoisotopic (exact) mass is 221 g/mol. The molecular formula is C9H19NO3S. The lowest BCUT2D eigenvalue weighted by atomic mass is 10.2. The van der Waals surface area contributed by atoms with E-state index in [0.29, 0.717) is 12.3 Å². The second kappa shape index (κ2) is 5.09. The van der Waals surface area contributed by atoms with Crippen molar-refractivity contribution in [2.24, 2.45) is 5.92 Å². The molecule has 0 heterocycles. The van der Waals surface area contributed by atoms with E-state index in [1.807, 2.05) is 0 Å². The van der Waals surface area contributed by atoms with E-state index in [9.17, 15) is 8.42 Å². The van der Waals surface area contributed by atoms with E-state index in [1.54, 1.807) is 0 Å². The van der Waals surface area contributed by atoms with Gasteiger partial charge in [-0.1, -0.05) is 13.3 Å². The summed E-state index contributed by atoms with van der Waals surface area (Å²) in [5, 5.41) is 8.52. The fourth-order valence-electron chi connectivity index (χ4n) is 1.63. The molecule has 0 aromatic rings. The first-order valence-corrected chi connectivity index (χ1v) is 6.85. The molecule has 1 saturated carbocycles. The lowest BCUT2D eigenvalue weighted by Crippen LogP contribution is -2.29. The maximum absolute atomic E-state index is 11.4. The molecule has 2 atom stereocenters. The predicted octanol–water partition coefficient (Wildman–Crippen LogP) is 0.477. The molecule has 0 bridgehead atoms. The molecule has 4 nitrogen and oxygen atoms in total. The summed E-state index contributed by atoms with van der Waals surface area (Å²) in [6, 6.07) is 0.165. The van der Waals surface area contributed by atoms with Gasteiger partial charge in [0, 0.05) is 12.6 Å². The molecule has 2 N–H and O–H groups in total. The molecule has 0 spiro atoms. The molecule has 0 aromatic carbocycles. The van der Waals surface area contributed by atoms with Crippen molar-refractivity contribution in [2.45, 2.75) is 38.6 Å². The first kappa shape index (κ1) is 11.9. The van der Waals surface area contributed by atoms with Gasteiger partial charge in [-0.05, 0) is 25.2 Å². The van der Waals surface area contributed by atoms with Crippen LogP contribution in [-0.2, 0) is 10.0 Å². The average Bonchev–Trinajstić information content (AvgIpc) is 2.80. The van der Waals surface area contributed by atoms with Crippen LogP contribution in [0.25, 0.3) is 0 Å². The van der Waals surface area contributed by atoms with E-state index in [4.69, 9.17) is 5.11 Å². The van der Waals surface area contributed by atoms with Crippen LogP contribution < -0.4 is 4.72 Å². The predicted molar refractivity (Wildman–Crippen MR) is 55.4 cm³/mol. The Morgan fingerprint density at radius 2 is 2.21 bits per heavy atom. The van der Waals surface area contributed by atoms with Crippen molar-refractivity contribution in [1.29, 1.82) is 0 Å². The highest BCUT2D eigenvalue weighted by atomic mass is 32.2. The fraction of sp³-hybridized carbons (Fsp3) is 1.00. The Morgan fingerprint density at radius 3 is 2.79 bits per heavy atom. The van der Waals surface area contributed by atoms with Gasteiger partial charge < -0.3 is 5.11 Å². The maximum Gasteiger partial charge on any atom is 0.211 e. The number of aliphatic hydroxyl groups is 1. The summed E-state index contributed by atoms with van der Waals surface area (Å²) in [5.74, 6) is 0.586. The summed E-state index contributed by atoms with van der Waals surface area (Å²) >= 11 is 0. The van der Waals surface area contributed by atoms with Gasteiger partial charge in [0.2, 0.25) is 10.0 Å². The van der Waals surface area contributed by atoms with Crippen LogP contribution in [0.3, 0.4) is 0 Å². The maximum atomic E-state index is 11.4. The minimum atomic E-state index is -3.14. The van der Waals surface area contributed by atoms with Crippen molar-refractivity contribution in [3.8, 4) is 0 Å². The zero-order valence-corrected chi connectivity index (χ0v) is 9.39. The van der Waals surface area contributed by atoms with Crippen molar-refractivity contribution < 1.29 is 13.5 Å². The van der Waals surface area contributed by atoms with Gasteiger partial charge in [0.25, 0.3) is 0 Å². The number of nitrogens with one attached hydrogen (secondary N) is 1. The highest BCUT2D eigenvalue weighted by Crippen LogP contribution is 2.34. The van der Waals surface area contributed by atoms with E-state index < -0.39 is 10.0 Å². The topological polar surface area (TPSA) is 66.4 Å². The Balaban J connectivity index is 2.24. The fourth-order valence-corrected chi connectivity index (χ4v) is 3.00. The van der Waals surface area contributed by atoms with Crippen LogP contribution in [0.2, 0.25) is 0 Å². The van der Waals surface area contributed by atoms with E-state index in [0.717, 1.165) is 19.3 Å². The third kappa shape index (κ3) is 3.94. The minimum Gasteiger partial charge on any atom is -0.396 e. The van der Waals surface area contributed by atoms with Gasteiger partial charge in [-0.2, -0.15) is 0 Å². The molecule has 1 aliphatic carbocycles. The number of hydrogen-bond acceptors (Lipinski definition) is 3. The Bertz CT molecular complexity index is 263. The van der Waals surface area contributed by atoms with Crippen molar-refractivity contribution in [1.82, 2.24) is 4.72 Å². The van der Waals surface area contributed by atoms with E-state index >= 15 is 0 Å². The number of hydrogen-bond donors (Lipinski definition) is 2. The number of aliphatic hydroxyl groups excluding tert-OH is 1. The largest absolute Gasteiger partial charge is 0.396 e. The first-order valence-electron chi connectivity index (χ1n) is 5.20. The van der Waals surface area contributed by atoms with Gasteiger partial charge in [0.1, 0.15) is 0 Å². The Morgan fingerprint density at radius 1 is 1.50 bits per heavy atom. The Hall–Kier alpha value is -0.130. The Labute approximate surface area is 85.8 Å².